The number of nitrogens with zero attached hydrogens (tertiary/aromatic N) is 3. The van der Waals surface area contributed by atoms with Crippen LogP contribution in [0, 0.1) is 5.92 Å². The van der Waals surface area contributed by atoms with Gasteiger partial charge in [-0.25, -0.2) is 9.67 Å². The molecule has 2 N–H and O–H groups in total. The molecule has 13 heavy (non-hydrogen) atoms. The third-order valence-electron chi connectivity index (χ3n) is 2.79. The molecular formula is C8H13N3O2. The van der Waals surface area contributed by atoms with Gasteiger partial charge in [0, 0.05) is 5.92 Å². The van der Waals surface area contributed by atoms with Crippen LogP contribution in [0.2, 0.25) is 0 Å². The van der Waals surface area contributed by atoms with Gasteiger partial charge in [-0.3, -0.25) is 0 Å². The summed E-state index contributed by atoms with van der Waals surface area (Å²) in [6, 6.07) is 0. The average molecular weight is 183 g/mol. The molecule has 1 aromatic rings. The summed E-state index contributed by atoms with van der Waals surface area (Å²) in [5.41, 5.74) is -1.02. The van der Waals surface area contributed by atoms with Crippen LogP contribution in [-0.2, 0) is 5.72 Å². The van der Waals surface area contributed by atoms with Gasteiger partial charge in [-0.2, -0.15) is 5.10 Å². The lowest BCUT2D eigenvalue weighted by Gasteiger charge is -2.28. The number of hydrogen-bond donors (Lipinski definition) is 2. The van der Waals surface area contributed by atoms with Crippen molar-refractivity contribution in [3.8, 4) is 0 Å². The minimum atomic E-state index is -1.02. The molecular weight excluding hydrogens is 170 g/mol. The standard InChI is InChI=1S/C8H13N3O2/c12-4-7-2-1-3-8(7,13)11-6-9-5-10-11/h5-7,12-13H,1-4H2. The van der Waals surface area contributed by atoms with E-state index < -0.39 is 5.72 Å². The van der Waals surface area contributed by atoms with Crippen LogP contribution in [0.15, 0.2) is 12.7 Å². The lowest BCUT2D eigenvalue weighted by atomic mass is 10.0. The monoisotopic (exact) mass is 183 g/mol. The summed E-state index contributed by atoms with van der Waals surface area (Å²) < 4.78 is 1.45. The van der Waals surface area contributed by atoms with Crippen molar-refractivity contribution in [2.24, 2.45) is 5.92 Å². The van der Waals surface area contributed by atoms with E-state index in [9.17, 15) is 5.11 Å². The molecule has 0 radical (unpaired) electrons. The molecule has 2 atom stereocenters. The van der Waals surface area contributed by atoms with Crippen LogP contribution in [0.25, 0.3) is 0 Å². The first kappa shape index (κ1) is 8.65. The van der Waals surface area contributed by atoms with Crippen LogP contribution >= 0.6 is 0 Å². The van der Waals surface area contributed by atoms with E-state index in [2.05, 4.69) is 10.1 Å². The van der Waals surface area contributed by atoms with Crippen molar-refractivity contribution in [2.75, 3.05) is 6.61 Å². The molecule has 1 aliphatic rings. The SMILES string of the molecule is OCC1CCCC1(O)n1cncn1. The summed E-state index contributed by atoms with van der Waals surface area (Å²) in [5.74, 6) is -0.116. The fourth-order valence-electron chi connectivity index (χ4n) is 1.99. The summed E-state index contributed by atoms with van der Waals surface area (Å²) in [6.07, 6.45) is 5.29. The normalized spacial score (nSPS) is 33.8. The number of hydrogen-bond acceptors (Lipinski definition) is 4. The Morgan fingerprint density at radius 3 is 3.08 bits per heavy atom. The molecule has 2 unspecified atom stereocenters. The van der Waals surface area contributed by atoms with Crippen molar-refractivity contribution in [3.63, 3.8) is 0 Å². The smallest absolute Gasteiger partial charge is 0.164 e. The second-order valence-corrected chi connectivity index (χ2v) is 3.49. The Bertz CT molecular complexity index is 275. The highest BCUT2D eigenvalue weighted by Crippen LogP contribution is 2.38. The fourth-order valence-corrected chi connectivity index (χ4v) is 1.99. The second kappa shape index (κ2) is 3.08. The van der Waals surface area contributed by atoms with Crippen LogP contribution in [0.1, 0.15) is 19.3 Å². The molecule has 0 amide bonds. The van der Waals surface area contributed by atoms with E-state index in [4.69, 9.17) is 5.11 Å². The predicted octanol–water partition coefficient (Wildman–Crippen LogP) is -0.284. The van der Waals surface area contributed by atoms with Gasteiger partial charge in [0.25, 0.3) is 0 Å². The van der Waals surface area contributed by atoms with Gasteiger partial charge in [0.05, 0.1) is 6.61 Å². The Hall–Kier alpha value is -0.940. The quantitative estimate of drug-likeness (QED) is 0.661. The van der Waals surface area contributed by atoms with E-state index in [0.717, 1.165) is 12.8 Å². The molecule has 0 bridgehead atoms. The molecule has 5 nitrogen and oxygen atoms in total. The Balaban J connectivity index is 2.29. The van der Waals surface area contributed by atoms with Gasteiger partial charge in [0.15, 0.2) is 5.72 Å². The van der Waals surface area contributed by atoms with Gasteiger partial charge in [-0.15, -0.1) is 0 Å². The second-order valence-electron chi connectivity index (χ2n) is 3.49. The minimum Gasteiger partial charge on any atom is -0.396 e. The third kappa shape index (κ3) is 1.24. The van der Waals surface area contributed by atoms with Crippen molar-refractivity contribution < 1.29 is 10.2 Å². The first-order valence-electron chi connectivity index (χ1n) is 4.45. The van der Waals surface area contributed by atoms with Crippen LogP contribution < -0.4 is 0 Å². The molecule has 1 aromatic heterocycles. The highest BCUT2D eigenvalue weighted by Gasteiger charge is 2.43. The van der Waals surface area contributed by atoms with Gasteiger partial charge < -0.3 is 10.2 Å². The Morgan fingerprint density at radius 1 is 1.62 bits per heavy atom. The maximum Gasteiger partial charge on any atom is 0.164 e. The van der Waals surface area contributed by atoms with Gasteiger partial charge in [-0.05, 0) is 19.3 Å². The highest BCUT2D eigenvalue weighted by atomic mass is 16.3. The molecule has 1 saturated carbocycles. The number of aliphatic hydroxyl groups is 2. The van der Waals surface area contributed by atoms with Crippen molar-refractivity contribution in [1.82, 2.24) is 14.8 Å². The average Bonchev–Trinajstić information content (AvgIpc) is 2.72. The summed E-state index contributed by atoms with van der Waals surface area (Å²) in [6.45, 7) is -0.00361. The zero-order valence-electron chi connectivity index (χ0n) is 7.30. The first-order valence-corrected chi connectivity index (χ1v) is 4.45. The van der Waals surface area contributed by atoms with E-state index in [1.807, 2.05) is 0 Å². The maximum absolute atomic E-state index is 10.2. The summed E-state index contributed by atoms with van der Waals surface area (Å²) in [4.78, 5) is 3.79. The molecule has 0 aromatic carbocycles. The van der Waals surface area contributed by atoms with E-state index in [1.54, 1.807) is 0 Å². The zero-order valence-corrected chi connectivity index (χ0v) is 7.30. The van der Waals surface area contributed by atoms with E-state index in [1.165, 1.54) is 17.3 Å². The van der Waals surface area contributed by atoms with Gasteiger partial charge >= 0.3 is 0 Å². The molecule has 0 saturated heterocycles. The van der Waals surface area contributed by atoms with E-state index >= 15 is 0 Å². The number of rotatable bonds is 2. The largest absolute Gasteiger partial charge is 0.396 e. The van der Waals surface area contributed by atoms with Crippen molar-refractivity contribution in [3.05, 3.63) is 12.7 Å². The van der Waals surface area contributed by atoms with Gasteiger partial charge in [0.2, 0.25) is 0 Å². The third-order valence-corrected chi connectivity index (χ3v) is 2.79. The predicted molar refractivity (Wildman–Crippen MR) is 44.6 cm³/mol. The zero-order chi connectivity index (χ0) is 9.31. The minimum absolute atomic E-state index is 0.00361. The molecule has 1 aliphatic carbocycles. The Labute approximate surface area is 76.0 Å². The first-order chi connectivity index (χ1) is 6.27. The molecule has 0 spiro atoms. The molecule has 72 valence electrons. The lowest BCUT2D eigenvalue weighted by Crippen LogP contribution is -2.39. The number of aliphatic hydroxyl groups excluding tert-OH is 1. The van der Waals surface area contributed by atoms with Crippen LogP contribution in [0.5, 0.6) is 0 Å². The van der Waals surface area contributed by atoms with E-state index in [-0.39, 0.29) is 12.5 Å². The van der Waals surface area contributed by atoms with Crippen LogP contribution in [0.3, 0.4) is 0 Å². The lowest BCUT2D eigenvalue weighted by molar-refractivity contribution is -0.0968. The summed E-state index contributed by atoms with van der Waals surface area (Å²) in [7, 11) is 0. The molecule has 1 heterocycles. The summed E-state index contributed by atoms with van der Waals surface area (Å²) in [5, 5.41) is 23.2. The van der Waals surface area contributed by atoms with Gasteiger partial charge in [-0.1, -0.05) is 0 Å². The van der Waals surface area contributed by atoms with Crippen molar-refractivity contribution in [1.29, 1.82) is 0 Å². The molecule has 1 fully saturated rings. The topological polar surface area (TPSA) is 71.2 Å². The Morgan fingerprint density at radius 2 is 2.46 bits per heavy atom. The number of aromatic nitrogens is 3. The van der Waals surface area contributed by atoms with Gasteiger partial charge in [0.1, 0.15) is 12.7 Å². The fraction of sp³-hybridized carbons (Fsp3) is 0.750. The Kier molecular flexibility index (Phi) is 2.05. The highest BCUT2D eigenvalue weighted by molar-refractivity contribution is 4.87. The van der Waals surface area contributed by atoms with Crippen molar-refractivity contribution in [2.45, 2.75) is 25.0 Å². The molecule has 2 rings (SSSR count). The van der Waals surface area contributed by atoms with E-state index in [0.29, 0.717) is 6.42 Å². The molecule has 5 heteroatoms. The molecule has 0 aliphatic heterocycles. The maximum atomic E-state index is 10.2. The van der Waals surface area contributed by atoms with Crippen LogP contribution in [0.4, 0.5) is 0 Å². The van der Waals surface area contributed by atoms with Crippen molar-refractivity contribution >= 4 is 0 Å². The van der Waals surface area contributed by atoms with Crippen LogP contribution in [-0.4, -0.2) is 31.6 Å². The summed E-state index contributed by atoms with van der Waals surface area (Å²) >= 11 is 0.